The Labute approximate surface area is 170 Å². The summed E-state index contributed by atoms with van der Waals surface area (Å²) in [6.45, 7) is 6.19. The number of halogens is 3. The molecule has 1 aromatic carbocycles. The molecule has 162 valence electrons. The van der Waals surface area contributed by atoms with Crippen LogP contribution in [0.15, 0.2) is 24.3 Å². The standard InChI is InChI=1S/C19H23F3N6O2/c1-18(2,3)30-17(29)24-11-7-6-10-23-14-15-26-27-16(19(20,21)22)28(15)13-9-5-4-8-12(13)25-14/h4-5,8-9H,6-7,10-11H2,1-3H3,(H,23,25)(H,24,29). The number of fused-ring (bicyclic) bond motifs is 3. The van der Waals surface area contributed by atoms with Crippen molar-refractivity contribution in [3.63, 3.8) is 0 Å². The third-order valence-electron chi connectivity index (χ3n) is 4.05. The van der Waals surface area contributed by atoms with Gasteiger partial charge in [0.05, 0.1) is 11.0 Å². The predicted octanol–water partition coefficient (Wildman–Crippen LogP) is 4.01. The number of alkyl halides is 3. The molecule has 0 bridgehead atoms. The molecule has 3 aromatic rings. The van der Waals surface area contributed by atoms with E-state index in [1.165, 1.54) is 0 Å². The number of hydrogen-bond donors (Lipinski definition) is 2. The quantitative estimate of drug-likeness (QED) is 0.581. The first kappa shape index (κ1) is 21.6. The van der Waals surface area contributed by atoms with Crippen molar-refractivity contribution in [3.8, 4) is 0 Å². The normalized spacial score (nSPS) is 12.3. The summed E-state index contributed by atoms with van der Waals surface area (Å²) in [5, 5.41) is 12.7. The van der Waals surface area contributed by atoms with Gasteiger partial charge in [-0.1, -0.05) is 12.1 Å². The minimum atomic E-state index is -4.64. The number of ether oxygens (including phenoxy) is 1. The van der Waals surface area contributed by atoms with Crippen LogP contribution in [0.25, 0.3) is 16.7 Å². The van der Waals surface area contributed by atoms with Crippen LogP contribution < -0.4 is 10.6 Å². The summed E-state index contributed by atoms with van der Waals surface area (Å²) in [6, 6.07) is 6.50. The highest BCUT2D eigenvalue weighted by Crippen LogP contribution is 2.31. The number of anilines is 1. The van der Waals surface area contributed by atoms with E-state index in [4.69, 9.17) is 4.74 Å². The van der Waals surface area contributed by atoms with E-state index in [9.17, 15) is 18.0 Å². The Bertz CT molecular complexity index is 1040. The van der Waals surface area contributed by atoms with E-state index in [0.29, 0.717) is 31.4 Å². The van der Waals surface area contributed by atoms with Gasteiger partial charge in [0.15, 0.2) is 5.82 Å². The highest BCUT2D eigenvalue weighted by atomic mass is 19.4. The van der Waals surface area contributed by atoms with Gasteiger partial charge < -0.3 is 15.4 Å². The number of carbonyl (C=O) groups is 1. The number of nitrogens with one attached hydrogen (secondary N) is 2. The third-order valence-corrected chi connectivity index (χ3v) is 4.05. The van der Waals surface area contributed by atoms with Crippen molar-refractivity contribution in [2.45, 2.75) is 45.4 Å². The lowest BCUT2D eigenvalue weighted by molar-refractivity contribution is -0.145. The highest BCUT2D eigenvalue weighted by molar-refractivity contribution is 5.82. The molecule has 11 heteroatoms. The molecule has 2 N–H and O–H groups in total. The first-order valence-electron chi connectivity index (χ1n) is 9.48. The zero-order chi connectivity index (χ0) is 21.9. The van der Waals surface area contributed by atoms with Gasteiger partial charge in [0.25, 0.3) is 0 Å². The monoisotopic (exact) mass is 424 g/mol. The van der Waals surface area contributed by atoms with Crippen molar-refractivity contribution in [3.05, 3.63) is 30.1 Å². The van der Waals surface area contributed by atoms with Gasteiger partial charge in [-0.15, -0.1) is 10.2 Å². The fourth-order valence-corrected chi connectivity index (χ4v) is 2.85. The average Bonchev–Trinajstić information content (AvgIpc) is 3.09. The molecule has 0 unspecified atom stereocenters. The summed E-state index contributed by atoms with van der Waals surface area (Å²) in [5.41, 5.74) is 0.112. The molecule has 0 radical (unpaired) electrons. The van der Waals surface area contributed by atoms with Crippen LogP contribution in [0.5, 0.6) is 0 Å². The minimum Gasteiger partial charge on any atom is -0.444 e. The van der Waals surface area contributed by atoms with E-state index >= 15 is 0 Å². The van der Waals surface area contributed by atoms with E-state index in [1.54, 1.807) is 45.0 Å². The van der Waals surface area contributed by atoms with Gasteiger partial charge >= 0.3 is 12.3 Å². The molecule has 0 fully saturated rings. The Kier molecular flexibility index (Phi) is 5.99. The largest absolute Gasteiger partial charge is 0.452 e. The van der Waals surface area contributed by atoms with Crippen molar-refractivity contribution in [2.24, 2.45) is 0 Å². The molecule has 0 aliphatic carbocycles. The van der Waals surface area contributed by atoms with E-state index in [-0.39, 0.29) is 17.0 Å². The van der Waals surface area contributed by atoms with Crippen LogP contribution in [-0.2, 0) is 10.9 Å². The molecule has 3 rings (SSSR count). The van der Waals surface area contributed by atoms with E-state index in [2.05, 4.69) is 25.8 Å². The van der Waals surface area contributed by atoms with Crippen LogP contribution in [-0.4, -0.2) is 44.4 Å². The Hall–Kier alpha value is -3.11. The lowest BCUT2D eigenvalue weighted by atomic mass is 10.2. The van der Waals surface area contributed by atoms with Crippen molar-refractivity contribution in [1.29, 1.82) is 0 Å². The van der Waals surface area contributed by atoms with Crippen molar-refractivity contribution < 1.29 is 22.7 Å². The van der Waals surface area contributed by atoms with Gasteiger partial charge in [-0.05, 0) is 45.7 Å². The number of benzene rings is 1. The van der Waals surface area contributed by atoms with Crippen LogP contribution >= 0.6 is 0 Å². The van der Waals surface area contributed by atoms with Crippen LogP contribution in [0, 0.1) is 0 Å². The Morgan fingerprint density at radius 1 is 1.10 bits per heavy atom. The van der Waals surface area contributed by atoms with Crippen LogP contribution in [0.2, 0.25) is 0 Å². The topological polar surface area (TPSA) is 93.4 Å². The molecule has 0 aliphatic rings. The van der Waals surface area contributed by atoms with E-state index in [0.717, 1.165) is 4.40 Å². The van der Waals surface area contributed by atoms with Gasteiger partial charge in [-0.3, -0.25) is 4.40 Å². The second-order valence-corrected chi connectivity index (χ2v) is 7.69. The second-order valence-electron chi connectivity index (χ2n) is 7.69. The zero-order valence-corrected chi connectivity index (χ0v) is 16.9. The van der Waals surface area contributed by atoms with E-state index < -0.39 is 23.7 Å². The average molecular weight is 424 g/mol. The Morgan fingerprint density at radius 3 is 2.50 bits per heavy atom. The summed E-state index contributed by atoms with van der Waals surface area (Å²) >= 11 is 0. The maximum absolute atomic E-state index is 13.4. The lowest BCUT2D eigenvalue weighted by Crippen LogP contribution is -2.33. The number of nitrogens with zero attached hydrogens (tertiary/aromatic N) is 4. The first-order chi connectivity index (χ1) is 14.1. The summed E-state index contributed by atoms with van der Waals surface area (Å²) in [6.07, 6.45) is -3.84. The zero-order valence-electron chi connectivity index (χ0n) is 16.9. The number of amides is 1. The van der Waals surface area contributed by atoms with Gasteiger partial charge in [-0.25, -0.2) is 9.78 Å². The second kappa shape index (κ2) is 8.33. The Morgan fingerprint density at radius 2 is 1.80 bits per heavy atom. The Balaban J connectivity index is 1.67. The number of para-hydroxylation sites is 2. The summed E-state index contributed by atoms with van der Waals surface area (Å²) in [7, 11) is 0. The molecule has 0 aliphatic heterocycles. The molecule has 0 spiro atoms. The first-order valence-corrected chi connectivity index (χ1v) is 9.48. The van der Waals surface area contributed by atoms with Crippen molar-refractivity contribution >= 4 is 28.6 Å². The fourth-order valence-electron chi connectivity index (χ4n) is 2.85. The van der Waals surface area contributed by atoms with Crippen LogP contribution in [0.1, 0.15) is 39.4 Å². The molecule has 8 nitrogen and oxygen atoms in total. The van der Waals surface area contributed by atoms with Gasteiger partial charge in [0.1, 0.15) is 5.60 Å². The number of unbranched alkanes of at least 4 members (excludes halogenated alkanes) is 1. The van der Waals surface area contributed by atoms with Gasteiger partial charge in [0.2, 0.25) is 11.5 Å². The van der Waals surface area contributed by atoms with E-state index in [1.807, 2.05) is 0 Å². The number of hydrogen-bond acceptors (Lipinski definition) is 6. The number of aromatic nitrogens is 4. The molecule has 0 saturated heterocycles. The smallest absolute Gasteiger partial charge is 0.444 e. The number of rotatable bonds is 6. The fraction of sp³-hybridized carbons (Fsp3) is 0.474. The molecular weight excluding hydrogens is 401 g/mol. The van der Waals surface area contributed by atoms with Crippen LogP contribution in [0.3, 0.4) is 0 Å². The summed E-state index contributed by atoms with van der Waals surface area (Å²) in [5.74, 6) is -0.877. The third kappa shape index (κ3) is 5.08. The van der Waals surface area contributed by atoms with Gasteiger partial charge in [-0.2, -0.15) is 13.2 Å². The van der Waals surface area contributed by atoms with Gasteiger partial charge in [0, 0.05) is 13.1 Å². The molecular formula is C19H23F3N6O2. The molecule has 0 atom stereocenters. The lowest BCUT2D eigenvalue weighted by Gasteiger charge is -2.19. The SMILES string of the molecule is CC(C)(C)OC(=O)NCCCCNc1nc2ccccc2n2c(C(F)(F)F)nnc12. The summed E-state index contributed by atoms with van der Waals surface area (Å²) < 4.78 is 46.2. The number of alkyl carbamates (subject to hydrolysis) is 1. The maximum atomic E-state index is 13.4. The maximum Gasteiger partial charge on any atom is 0.452 e. The van der Waals surface area contributed by atoms with Crippen LogP contribution in [0.4, 0.5) is 23.8 Å². The van der Waals surface area contributed by atoms with Crippen molar-refractivity contribution in [1.82, 2.24) is 24.9 Å². The minimum absolute atomic E-state index is 0.00732. The molecule has 2 aromatic heterocycles. The highest BCUT2D eigenvalue weighted by Gasteiger charge is 2.38. The molecule has 0 saturated carbocycles. The molecule has 1 amide bonds. The summed E-state index contributed by atoms with van der Waals surface area (Å²) in [4.78, 5) is 16.0. The van der Waals surface area contributed by atoms with Crippen molar-refractivity contribution in [2.75, 3.05) is 18.4 Å². The molecule has 30 heavy (non-hydrogen) atoms. The number of carbonyl (C=O) groups excluding carboxylic acids is 1. The molecule has 2 heterocycles. The predicted molar refractivity (Wildman–Crippen MR) is 105 cm³/mol.